The summed E-state index contributed by atoms with van der Waals surface area (Å²) >= 11 is 0. The number of aliphatic hydroxyl groups is 1. The smallest absolute Gasteiger partial charge is 0.246 e. The summed E-state index contributed by atoms with van der Waals surface area (Å²) in [6, 6.07) is 15.3. The van der Waals surface area contributed by atoms with E-state index < -0.39 is 23.6 Å². The van der Waals surface area contributed by atoms with E-state index in [1.165, 1.54) is 4.90 Å². The molecular formula is C51H64N12O5. The predicted octanol–water partition coefficient (Wildman–Crippen LogP) is 3.48. The average Bonchev–Trinajstić information content (AvgIpc) is 3.73. The van der Waals surface area contributed by atoms with Gasteiger partial charge in [0.15, 0.2) is 5.82 Å². The second-order valence-corrected chi connectivity index (χ2v) is 20.4. The van der Waals surface area contributed by atoms with Crippen LogP contribution in [0.25, 0.3) is 11.3 Å². The second kappa shape index (κ2) is 19.2. The van der Waals surface area contributed by atoms with Crippen LogP contribution in [0.1, 0.15) is 64.0 Å². The second-order valence-electron chi connectivity index (χ2n) is 20.4. The third kappa shape index (κ3) is 9.75. The van der Waals surface area contributed by atoms with Crippen molar-refractivity contribution in [2.45, 2.75) is 83.6 Å². The van der Waals surface area contributed by atoms with Crippen LogP contribution in [0.2, 0.25) is 0 Å². The number of aromatic hydroxyl groups is 1. The Bertz CT molecular complexity index is 2500. The van der Waals surface area contributed by atoms with Crippen LogP contribution < -0.4 is 30.7 Å². The molecule has 5 fully saturated rings. The molecule has 3 atom stereocenters. The number of piperazine rings is 1. The summed E-state index contributed by atoms with van der Waals surface area (Å²) in [4.78, 5) is 61.9. The molecule has 2 aromatic carbocycles. The van der Waals surface area contributed by atoms with Crippen LogP contribution in [-0.2, 0) is 20.9 Å². The molecule has 0 bridgehead atoms. The Labute approximate surface area is 398 Å². The number of anilines is 4. The van der Waals surface area contributed by atoms with Gasteiger partial charge < -0.3 is 45.8 Å². The van der Waals surface area contributed by atoms with E-state index >= 15 is 0 Å². The number of rotatable bonds is 12. The van der Waals surface area contributed by atoms with E-state index in [4.69, 9.17) is 16.4 Å². The van der Waals surface area contributed by atoms with Gasteiger partial charge in [-0.25, -0.2) is 9.97 Å². The fourth-order valence-corrected chi connectivity index (χ4v) is 10.8. The highest BCUT2D eigenvalue weighted by Crippen LogP contribution is 2.53. The first-order valence-corrected chi connectivity index (χ1v) is 24.0. The van der Waals surface area contributed by atoms with Crippen molar-refractivity contribution < 1.29 is 24.6 Å². The van der Waals surface area contributed by atoms with Crippen LogP contribution >= 0.6 is 0 Å². The first-order valence-electron chi connectivity index (χ1n) is 24.0. The number of nitrogens with one attached hydrogen (secondary N) is 3. The third-order valence-corrected chi connectivity index (χ3v) is 14.7. The number of para-hydroxylation sites is 1. The van der Waals surface area contributed by atoms with Crippen LogP contribution in [-0.4, -0.2) is 148 Å². The molecule has 9 rings (SSSR count). The molecule has 4 aliphatic heterocycles. The summed E-state index contributed by atoms with van der Waals surface area (Å²) in [6.45, 7) is 13.1. The molecule has 358 valence electrons. The quantitative estimate of drug-likeness (QED) is 0.130. The van der Waals surface area contributed by atoms with E-state index in [1.807, 2.05) is 70.5 Å². The fourth-order valence-electron chi connectivity index (χ4n) is 10.8. The number of hydrogen-bond acceptors (Lipinski definition) is 14. The average molecular weight is 925 g/mol. The number of amides is 3. The molecule has 0 unspecified atom stereocenters. The van der Waals surface area contributed by atoms with Gasteiger partial charge in [0.25, 0.3) is 0 Å². The molecule has 68 heavy (non-hydrogen) atoms. The van der Waals surface area contributed by atoms with Crippen molar-refractivity contribution in [3.8, 4) is 29.4 Å². The topological polar surface area (TPSA) is 196 Å². The van der Waals surface area contributed by atoms with E-state index in [9.17, 15) is 24.6 Å². The lowest BCUT2D eigenvalue weighted by Crippen LogP contribution is -2.65. The van der Waals surface area contributed by atoms with Crippen molar-refractivity contribution in [3.05, 3.63) is 78.1 Å². The van der Waals surface area contributed by atoms with Gasteiger partial charge in [-0.2, -0.15) is 0 Å². The van der Waals surface area contributed by atoms with E-state index in [0.717, 1.165) is 112 Å². The van der Waals surface area contributed by atoms with E-state index in [-0.39, 0.29) is 54.3 Å². The van der Waals surface area contributed by atoms with E-state index in [2.05, 4.69) is 51.7 Å². The normalized spacial score (nSPS) is 21.4. The first-order chi connectivity index (χ1) is 32.7. The molecule has 3 amide bonds. The Kier molecular flexibility index (Phi) is 13.2. The van der Waals surface area contributed by atoms with Crippen molar-refractivity contribution in [2.24, 2.45) is 16.7 Å². The van der Waals surface area contributed by atoms with Crippen LogP contribution in [0.4, 0.5) is 23.1 Å². The summed E-state index contributed by atoms with van der Waals surface area (Å²) in [6.07, 6.45) is 12.1. The molecule has 6 heterocycles. The van der Waals surface area contributed by atoms with E-state index in [0.29, 0.717) is 17.3 Å². The number of phenols is 1. The summed E-state index contributed by atoms with van der Waals surface area (Å²) < 4.78 is 0. The number of terminal acetylenes is 1. The molecule has 0 radical (unpaired) electrons. The van der Waals surface area contributed by atoms with E-state index in [1.54, 1.807) is 24.3 Å². The molecule has 5 aliphatic rings. The van der Waals surface area contributed by atoms with Crippen molar-refractivity contribution in [1.82, 2.24) is 40.6 Å². The maximum Gasteiger partial charge on any atom is 0.246 e. The van der Waals surface area contributed by atoms with Gasteiger partial charge in [-0.3, -0.25) is 19.3 Å². The summed E-state index contributed by atoms with van der Waals surface area (Å²) in [5.41, 5.74) is 3.31. The summed E-state index contributed by atoms with van der Waals surface area (Å²) in [5, 5.41) is 39.0. The standard InChI is InChI=1S/C51H64N12O5/c1-6-33-11-13-34(14-12-33)27-55-48(67)41-23-37(64)30-63(41)49(68)45(50(2,3)4)56-47(66)35-25-51(26-35)31-62(32-51)44-29-53-43(28-54-44)61-17-15-36(16-18-61)59-19-21-60(22-20-59)40-24-39(57-58-46(40)52-5)38-9-7-8-10-42(38)65/h1,7-14,24,28-29,35-37,41,45,64-65H,15-23,25-27,30-32H2,2-5H3,(H,52,58)(H,55,67)(H,56,66)/t37-,41+,45-/m1/s1. The fraction of sp³-hybridized carbons (Fsp3) is 0.510. The number of β-amino-alcohol motifs (C(OH)–C–C–N with tert-alkyl or cyclic N) is 1. The van der Waals surface area contributed by atoms with Gasteiger partial charge in [0.1, 0.15) is 29.5 Å². The molecule has 17 heteroatoms. The van der Waals surface area contributed by atoms with Crippen LogP contribution in [0.5, 0.6) is 5.75 Å². The van der Waals surface area contributed by atoms with Crippen LogP contribution in [0.15, 0.2) is 67.0 Å². The first kappa shape index (κ1) is 46.6. The number of hydrogen-bond donors (Lipinski definition) is 5. The molecule has 2 aromatic heterocycles. The Morgan fingerprint density at radius 2 is 1.56 bits per heavy atom. The number of aliphatic hydroxyl groups excluding tert-OH is 1. The van der Waals surface area contributed by atoms with Gasteiger partial charge in [-0.05, 0) is 67.0 Å². The summed E-state index contributed by atoms with van der Waals surface area (Å²) in [7, 11) is 1.86. The number of piperidine rings is 1. The number of likely N-dealkylation sites (tertiary alicyclic amines) is 1. The van der Waals surface area contributed by atoms with Gasteiger partial charge in [0, 0.05) is 107 Å². The lowest BCUT2D eigenvalue weighted by atomic mass is 9.57. The van der Waals surface area contributed by atoms with Gasteiger partial charge in [-0.1, -0.05) is 51.0 Å². The molecule has 4 saturated heterocycles. The molecule has 1 saturated carbocycles. The van der Waals surface area contributed by atoms with Crippen LogP contribution in [0, 0.1) is 29.1 Å². The van der Waals surface area contributed by atoms with Gasteiger partial charge in [0.2, 0.25) is 17.7 Å². The van der Waals surface area contributed by atoms with Gasteiger partial charge in [-0.15, -0.1) is 16.6 Å². The minimum atomic E-state index is -0.868. The SMILES string of the molecule is C#Cc1ccc(CNC(=O)[C@@H]2C[C@@H](O)CN2C(=O)[C@@H](NC(=O)C2CC3(C2)CN(c2cnc(N4CCC(N5CCN(c6cc(-c7ccccc7O)nnc6NC)CC5)CC4)cn2)C3)C(C)(C)C)cc1. The largest absolute Gasteiger partial charge is 0.507 e. The highest BCUT2D eigenvalue weighted by atomic mass is 16.3. The zero-order chi connectivity index (χ0) is 47.7. The van der Waals surface area contributed by atoms with Crippen LogP contribution in [0.3, 0.4) is 0 Å². The predicted molar refractivity (Wildman–Crippen MR) is 261 cm³/mol. The van der Waals surface area contributed by atoms with Crippen molar-refractivity contribution >= 4 is 40.9 Å². The third-order valence-electron chi connectivity index (χ3n) is 14.7. The molecule has 1 spiro atoms. The van der Waals surface area contributed by atoms with Gasteiger partial charge >= 0.3 is 0 Å². The number of phenolic OH excluding ortho intramolecular Hbond substituents is 1. The van der Waals surface area contributed by atoms with Crippen molar-refractivity contribution in [2.75, 3.05) is 86.0 Å². The number of nitrogens with zero attached hydrogens (tertiary/aromatic N) is 9. The minimum absolute atomic E-state index is 0.0242. The zero-order valence-electron chi connectivity index (χ0n) is 39.6. The maximum absolute atomic E-state index is 14.1. The molecule has 5 N–H and O–H groups in total. The lowest BCUT2D eigenvalue weighted by Gasteiger charge is -2.59. The Balaban J connectivity index is 0.717. The number of aromatic nitrogens is 4. The lowest BCUT2D eigenvalue weighted by molar-refractivity contribution is -0.146. The molecule has 4 aromatic rings. The molecule has 1 aliphatic carbocycles. The monoisotopic (exact) mass is 925 g/mol. The Morgan fingerprint density at radius 1 is 0.882 bits per heavy atom. The van der Waals surface area contributed by atoms with Crippen molar-refractivity contribution in [1.29, 1.82) is 0 Å². The zero-order valence-corrected chi connectivity index (χ0v) is 39.6. The van der Waals surface area contributed by atoms with Crippen molar-refractivity contribution in [3.63, 3.8) is 0 Å². The number of carbonyl (C=O) groups excluding carboxylic acids is 3. The minimum Gasteiger partial charge on any atom is -0.507 e. The highest BCUT2D eigenvalue weighted by molar-refractivity contribution is 5.94. The number of carbonyl (C=O) groups is 3. The Hall–Kier alpha value is -6.51. The Morgan fingerprint density at radius 3 is 2.19 bits per heavy atom. The maximum atomic E-state index is 14.1. The van der Waals surface area contributed by atoms with Gasteiger partial charge in [0.05, 0.1) is 29.9 Å². The highest BCUT2D eigenvalue weighted by Gasteiger charge is 2.55. The molecule has 17 nitrogen and oxygen atoms in total. The summed E-state index contributed by atoms with van der Waals surface area (Å²) in [5.74, 6) is 4.14. The molecular weight excluding hydrogens is 861 g/mol. The number of benzene rings is 2.